The Morgan fingerprint density at radius 3 is 1.25 bits per heavy atom. The molecule has 1 nitrogen and oxygen atoms in total. The van der Waals surface area contributed by atoms with Crippen LogP contribution < -0.4 is 0 Å². The molecule has 0 aliphatic rings. The topological polar surface area (TPSA) is 9.23 Å². The van der Waals surface area contributed by atoms with Gasteiger partial charge in [-0.3, -0.25) is 0 Å². The second kappa shape index (κ2) is 8.82. The molecular weight excluding hydrogens is 224 g/mol. The van der Waals surface area contributed by atoms with Gasteiger partial charge in [0.15, 0.2) is 0 Å². The van der Waals surface area contributed by atoms with Crippen LogP contribution in [0, 0.1) is 0 Å². The molecule has 0 saturated carbocycles. The summed E-state index contributed by atoms with van der Waals surface area (Å²) in [7, 11) is 0. The van der Waals surface area contributed by atoms with Crippen LogP contribution >= 0.6 is 32.5 Å². The molecular formula is Br2OTi+4. The van der Waals surface area contributed by atoms with Gasteiger partial charge in [-0.15, -0.1) is 0 Å². The van der Waals surface area contributed by atoms with E-state index in [2.05, 4.69) is 35.4 Å². The maximum atomic E-state index is 3.88. The van der Waals surface area contributed by atoms with Crippen molar-refractivity contribution in [3.8, 4) is 0 Å². The molecule has 0 fully saturated rings. The van der Waals surface area contributed by atoms with Gasteiger partial charge < -0.3 is 0 Å². The second-order valence-corrected chi connectivity index (χ2v) is 1.57. The summed E-state index contributed by atoms with van der Waals surface area (Å²) in [6.07, 6.45) is 0. The summed E-state index contributed by atoms with van der Waals surface area (Å²) in [5.74, 6) is 0. The number of halogens is 2. The third-order valence-corrected chi connectivity index (χ3v) is 0. The SMILES string of the molecule is BrOBr.[Ti+4]. The van der Waals surface area contributed by atoms with Crippen LogP contribution in [-0.4, -0.2) is 0 Å². The molecule has 0 spiro atoms. The Balaban J connectivity index is 0. The molecule has 4 heteroatoms. The molecule has 0 aromatic carbocycles. The van der Waals surface area contributed by atoms with Gasteiger partial charge in [0.25, 0.3) is 0 Å². The fourth-order valence-corrected chi connectivity index (χ4v) is 0. The quantitative estimate of drug-likeness (QED) is 0.567. The molecule has 0 saturated heterocycles. The maximum Gasteiger partial charge on any atom is 4.00 e. The smallest absolute Gasteiger partial charge is 0.230 e. The first-order valence-electron chi connectivity index (χ1n) is 0.309. The van der Waals surface area contributed by atoms with Crippen LogP contribution in [0.3, 0.4) is 0 Å². The van der Waals surface area contributed by atoms with E-state index in [9.17, 15) is 0 Å². The van der Waals surface area contributed by atoms with Crippen molar-refractivity contribution in [1.82, 2.24) is 0 Å². The van der Waals surface area contributed by atoms with E-state index >= 15 is 0 Å². The molecule has 0 atom stereocenters. The average molecular weight is 224 g/mol. The second-order valence-electron chi connectivity index (χ2n) is 0.0583. The molecule has 0 unspecified atom stereocenters. The minimum absolute atomic E-state index is 0. The Kier molecular flexibility index (Phi) is 20.2. The summed E-state index contributed by atoms with van der Waals surface area (Å²) in [5.41, 5.74) is 0. The Labute approximate surface area is 56.9 Å². The van der Waals surface area contributed by atoms with Crippen molar-refractivity contribution in [3.63, 3.8) is 0 Å². The number of rotatable bonds is 0. The monoisotopic (exact) mass is 222 g/mol. The third-order valence-electron chi connectivity index (χ3n) is 0. The van der Waals surface area contributed by atoms with Gasteiger partial charge in [-0.1, -0.05) is 0 Å². The fourth-order valence-electron chi connectivity index (χ4n) is 0. The van der Waals surface area contributed by atoms with Crippen LogP contribution in [0.2, 0.25) is 0 Å². The minimum Gasteiger partial charge on any atom is -0.230 e. The summed E-state index contributed by atoms with van der Waals surface area (Å²) in [6, 6.07) is 0. The summed E-state index contributed by atoms with van der Waals surface area (Å²) in [4.78, 5) is 0. The van der Waals surface area contributed by atoms with Crippen LogP contribution in [0.15, 0.2) is 0 Å². The summed E-state index contributed by atoms with van der Waals surface area (Å²) < 4.78 is 3.88. The van der Waals surface area contributed by atoms with Crippen LogP contribution in [0.4, 0.5) is 0 Å². The van der Waals surface area contributed by atoms with Crippen molar-refractivity contribution in [2.24, 2.45) is 0 Å². The van der Waals surface area contributed by atoms with Crippen molar-refractivity contribution in [1.29, 1.82) is 0 Å². The van der Waals surface area contributed by atoms with Gasteiger partial charge in [-0.25, -0.2) is 2.92 Å². The van der Waals surface area contributed by atoms with E-state index in [1.165, 1.54) is 0 Å². The molecule has 0 aromatic heterocycles. The molecule has 4 heavy (non-hydrogen) atoms. The average Bonchev–Trinajstić information content (AvgIpc) is 0.918. The fraction of sp³-hybridized carbons (Fsp3) is 0. The van der Waals surface area contributed by atoms with E-state index < -0.39 is 0 Å². The molecule has 0 amide bonds. The zero-order valence-electron chi connectivity index (χ0n) is 1.66. The van der Waals surface area contributed by atoms with Crippen LogP contribution in [-0.2, 0) is 24.6 Å². The first kappa shape index (κ1) is 9.16. The summed E-state index contributed by atoms with van der Waals surface area (Å²) in [5, 5.41) is 0. The Morgan fingerprint density at radius 2 is 1.25 bits per heavy atom. The predicted molar refractivity (Wildman–Crippen MR) is 18.9 cm³/mol. The zero-order valence-corrected chi connectivity index (χ0v) is 6.40. The Morgan fingerprint density at radius 1 is 1.25 bits per heavy atom. The van der Waals surface area contributed by atoms with Crippen molar-refractivity contribution in [2.75, 3.05) is 0 Å². The van der Waals surface area contributed by atoms with Crippen LogP contribution in [0.1, 0.15) is 0 Å². The van der Waals surface area contributed by atoms with E-state index in [0.29, 0.717) is 0 Å². The Bertz CT molecular complexity index is 6.00. The van der Waals surface area contributed by atoms with Crippen LogP contribution in [0.5, 0.6) is 0 Å². The van der Waals surface area contributed by atoms with Gasteiger partial charge in [0.2, 0.25) is 0 Å². The molecule has 0 bridgehead atoms. The van der Waals surface area contributed by atoms with Crippen molar-refractivity contribution in [3.05, 3.63) is 0 Å². The van der Waals surface area contributed by atoms with E-state index in [4.69, 9.17) is 0 Å². The van der Waals surface area contributed by atoms with E-state index in [1.54, 1.807) is 0 Å². The van der Waals surface area contributed by atoms with E-state index in [-0.39, 0.29) is 21.7 Å². The molecule has 0 aliphatic carbocycles. The van der Waals surface area contributed by atoms with Gasteiger partial charge >= 0.3 is 21.7 Å². The Hall–Kier alpha value is 1.63. The zero-order chi connectivity index (χ0) is 2.71. The standard InChI is InChI=1S/Br2O.Ti/c1-3-2;/q;+4. The van der Waals surface area contributed by atoms with Gasteiger partial charge in [0.05, 0.1) is 0 Å². The molecule has 0 heterocycles. The number of hydrogen-bond donors (Lipinski definition) is 0. The van der Waals surface area contributed by atoms with Crippen molar-refractivity contribution < 1.29 is 24.6 Å². The number of hydrogen-bond acceptors (Lipinski definition) is 1. The predicted octanol–water partition coefficient (Wildman–Crippen LogP) is 1.62. The van der Waals surface area contributed by atoms with Gasteiger partial charge in [-0.2, -0.15) is 0 Å². The minimum atomic E-state index is 0. The first-order valence-corrected chi connectivity index (χ1v) is 1.60. The molecule has 0 aliphatic heterocycles. The van der Waals surface area contributed by atoms with E-state index in [0.717, 1.165) is 0 Å². The van der Waals surface area contributed by atoms with E-state index in [1.807, 2.05) is 0 Å². The molecule has 0 radical (unpaired) electrons. The molecule has 0 rings (SSSR count). The van der Waals surface area contributed by atoms with Crippen molar-refractivity contribution in [2.45, 2.75) is 0 Å². The normalized spacial score (nSPS) is 4.50. The van der Waals surface area contributed by atoms with Gasteiger partial charge in [0.1, 0.15) is 32.5 Å². The summed E-state index contributed by atoms with van der Waals surface area (Å²) in [6.45, 7) is 0. The van der Waals surface area contributed by atoms with Gasteiger partial charge in [-0.05, 0) is 0 Å². The third kappa shape index (κ3) is 9.44. The largest absolute Gasteiger partial charge is 4.00 e. The molecule has 0 N–H and O–H groups in total. The molecule has 0 aromatic rings. The van der Waals surface area contributed by atoms with Gasteiger partial charge in [0, 0.05) is 0 Å². The molecule has 20 valence electrons. The van der Waals surface area contributed by atoms with Crippen LogP contribution in [0.25, 0.3) is 0 Å². The maximum absolute atomic E-state index is 3.88. The van der Waals surface area contributed by atoms with Crippen molar-refractivity contribution >= 4 is 32.5 Å². The summed E-state index contributed by atoms with van der Waals surface area (Å²) >= 11 is 5.12. The first-order chi connectivity index (χ1) is 1.41.